The number of nitrogens with one attached hydrogen (secondary N) is 2. The largest absolute Gasteiger partial charge is 0.355 e. The van der Waals surface area contributed by atoms with Gasteiger partial charge >= 0.3 is 0 Å². The van der Waals surface area contributed by atoms with Crippen molar-refractivity contribution in [3.05, 3.63) is 29.8 Å². The van der Waals surface area contributed by atoms with Crippen molar-refractivity contribution in [2.24, 2.45) is 0 Å². The number of hydrogen-bond acceptors (Lipinski definition) is 3. The van der Waals surface area contributed by atoms with Gasteiger partial charge in [-0.05, 0) is 43.4 Å². The minimum atomic E-state index is -3.72. The molecule has 1 saturated carbocycles. The molecular weight excluding hydrogens is 312 g/mol. The lowest BCUT2D eigenvalue weighted by molar-refractivity contribution is -0.126. The first-order valence-corrected chi connectivity index (χ1v) is 9.71. The number of likely N-dealkylation sites (N-methyl/N-ethyl adjacent to an activating group) is 1. The fourth-order valence-electron chi connectivity index (χ4n) is 3.03. The fraction of sp³-hybridized carbons (Fsp3) is 0.588. The molecule has 128 valence electrons. The second-order valence-electron chi connectivity index (χ2n) is 6.48. The number of sulfonamides is 1. The van der Waals surface area contributed by atoms with E-state index in [1.54, 1.807) is 12.1 Å². The van der Waals surface area contributed by atoms with E-state index < -0.39 is 15.6 Å². The Morgan fingerprint density at radius 3 is 2.22 bits per heavy atom. The van der Waals surface area contributed by atoms with Gasteiger partial charge in [-0.25, -0.2) is 8.42 Å². The van der Waals surface area contributed by atoms with Gasteiger partial charge in [-0.1, -0.05) is 38.8 Å². The van der Waals surface area contributed by atoms with Crippen LogP contribution in [0.15, 0.2) is 29.2 Å². The molecular formula is C17H26N2O3S. The monoisotopic (exact) mass is 338 g/mol. The van der Waals surface area contributed by atoms with E-state index >= 15 is 0 Å². The van der Waals surface area contributed by atoms with Crippen LogP contribution in [-0.2, 0) is 14.8 Å². The van der Waals surface area contributed by atoms with Crippen LogP contribution in [0, 0.1) is 0 Å². The van der Waals surface area contributed by atoms with Crippen molar-refractivity contribution in [2.45, 2.75) is 62.8 Å². The molecule has 23 heavy (non-hydrogen) atoms. The zero-order valence-electron chi connectivity index (χ0n) is 14.1. The Kier molecular flexibility index (Phi) is 5.47. The highest BCUT2D eigenvalue weighted by atomic mass is 32.2. The van der Waals surface area contributed by atoms with Crippen molar-refractivity contribution < 1.29 is 13.2 Å². The van der Waals surface area contributed by atoms with Gasteiger partial charge < -0.3 is 5.32 Å². The topological polar surface area (TPSA) is 75.3 Å². The third kappa shape index (κ3) is 3.93. The average molecular weight is 338 g/mol. The van der Waals surface area contributed by atoms with Gasteiger partial charge in [0.05, 0.1) is 4.90 Å². The van der Waals surface area contributed by atoms with E-state index in [1.165, 1.54) is 0 Å². The summed E-state index contributed by atoms with van der Waals surface area (Å²) in [6.45, 7) is 6.44. The molecule has 0 radical (unpaired) electrons. The predicted molar refractivity (Wildman–Crippen MR) is 90.7 cm³/mol. The van der Waals surface area contributed by atoms with Crippen LogP contribution in [0.3, 0.4) is 0 Å². The van der Waals surface area contributed by atoms with E-state index in [4.69, 9.17) is 0 Å². The summed E-state index contributed by atoms with van der Waals surface area (Å²) in [5, 5.41) is 2.76. The quantitative estimate of drug-likeness (QED) is 0.837. The van der Waals surface area contributed by atoms with Crippen molar-refractivity contribution in [3.8, 4) is 0 Å². The zero-order chi connectivity index (χ0) is 17.1. The normalized spacial score (nSPS) is 17.4. The SMILES string of the molecule is CCNC(=O)C1(NS(=O)(=O)c2ccc(C(C)C)cc2)CCCC1. The van der Waals surface area contributed by atoms with Crippen molar-refractivity contribution in [1.29, 1.82) is 0 Å². The maximum atomic E-state index is 12.7. The second-order valence-corrected chi connectivity index (χ2v) is 8.16. The van der Waals surface area contributed by atoms with Crippen molar-refractivity contribution >= 4 is 15.9 Å². The number of carbonyl (C=O) groups is 1. The molecule has 2 N–H and O–H groups in total. The van der Waals surface area contributed by atoms with E-state index in [0.29, 0.717) is 25.3 Å². The molecule has 0 aromatic heterocycles. The molecule has 0 atom stereocenters. The Hall–Kier alpha value is -1.40. The van der Waals surface area contributed by atoms with Crippen LogP contribution in [0.2, 0.25) is 0 Å². The number of rotatable bonds is 6. The molecule has 0 unspecified atom stereocenters. The number of carbonyl (C=O) groups excluding carboxylic acids is 1. The van der Waals surface area contributed by atoms with Crippen molar-refractivity contribution in [1.82, 2.24) is 10.0 Å². The summed E-state index contributed by atoms with van der Waals surface area (Å²) in [5.74, 6) is 0.121. The van der Waals surface area contributed by atoms with Crippen LogP contribution in [0.1, 0.15) is 57.9 Å². The van der Waals surface area contributed by atoms with Gasteiger partial charge in [0.15, 0.2) is 0 Å². The Morgan fingerprint density at radius 1 is 1.17 bits per heavy atom. The van der Waals surface area contributed by atoms with Crippen LogP contribution < -0.4 is 10.0 Å². The molecule has 1 amide bonds. The molecule has 1 aliphatic rings. The van der Waals surface area contributed by atoms with Gasteiger partial charge in [0.1, 0.15) is 5.54 Å². The summed E-state index contributed by atoms with van der Waals surface area (Å²) >= 11 is 0. The maximum Gasteiger partial charge on any atom is 0.241 e. The summed E-state index contributed by atoms with van der Waals surface area (Å²) in [5.41, 5.74) is 0.0780. The molecule has 0 spiro atoms. The molecule has 1 aliphatic carbocycles. The molecule has 5 nitrogen and oxygen atoms in total. The van der Waals surface area contributed by atoms with Gasteiger partial charge in [-0.15, -0.1) is 0 Å². The standard InChI is InChI=1S/C17H26N2O3S/c1-4-18-16(20)17(11-5-6-12-17)19-23(21,22)15-9-7-14(8-10-15)13(2)3/h7-10,13,19H,4-6,11-12H2,1-3H3,(H,18,20). The molecule has 0 heterocycles. The minimum absolute atomic E-state index is 0.206. The molecule has 6 heteroatoms. The molecule has 2 rings (SSSR count). The van der Waals surface area contributed by atoms with Crippen LogP contribution in [-0.4, -0.2) is 26.4 Å². The third-order valence-electron chi connectivity index (χ3n) is 4.42. The molecule has 1 fully saturated rings. The van der Waals surface area contributed by atoms with Gasteiger partial charge in [-0.2, -0.15) is 4.72 Å². The van der Waals surface area contributed by atoms with Crippen LogP contribution >= 0.6 is 0 Å². The average Bonchev–Trinajstić information content (AvgIpc) is 2.96. The van der Waals surface area contributed by atoms with Gasteiger partial charge in [0.25, 0.3) is 0 Å². The van der Waals surface area contributed by atoms with Gasteiger partial charge in [0.2, 0.25) is 15.9 Å². The lowest BCUT2D eigenvalue weighted by Crippen LogP contribution is -2.56. The number of amides is 1. The summed E-state index contributed by atoms with van der Waals surface area (Å²) in [4.78, 5) is 12.6. The van der Waals surface area contributed by atoms with Crippen LogP contribution in [0.25, 0.3) is 0 Å². The van der Waals surface area contributed by atoms with Crippen molar-refractivity contribution in [2.75, 3.05) is 6.54 Å². The summed E-state index contributed by atoms with van der Waals surface area (Å²) in [6, 6.07) is 6.87. The highest BCUT2D eigenvalue weighted by Crippen LogP contribution is 2.32. The summed E-state index contributed by atoms with van der Waals surface area (Å²) in [6.07, 6.45) is 2.79. The number of hydrogen-bond donors (Lipinski definition) is 2. The second kappa shape index (κ2) is 7.01. The highest BCUT2D eigenvalue weighted by molar-refractivity contribution is 7.89. The van der Waals surface area contributed by atoms with E-state index in [0.717, 1.165) is 18.4 Å². The molecule has 0 aliphatic heterocycles. The minimum Gasteiger partial charge on any atom is -0.355 e. The van der Waals surface area contributed by atoms with E-state index in [1.807, 2.05) is 19.1 Å². The smallest absolute Gasteiger partial charge is 0.241 e. The summed E-state index contributed by atoms with van der Waals surface area (Å²) < 4.78 is 28.1. The Morgan fingerprint density at radius 2 is 1.74 bits per heavy atom. The Balaban J connectivity index is 2.26. The van der Waals surface area contributed by atoms with E-state index in [2.05, 4.69) is 23.9 Å². The van der Waals surface area contributed by atoms with E-state index in [-0.39, 0.29) is 10.8 Å². The molecule has 0 saturated heterocycles. The maximum absolute atomic E-state index is 12.7. The van der Waals surface area contributed by atoms with Crippen LogP contribution in [0.4, 0.5) is 0 Å². The van der Waals surface area contributed by atoms with Gasteiger partial charge in [0, 0.05) is 6.54 Å². The van der Waals surface area contributed by atoms with E-state index in [9.17, 15) is 13.2 Å². The first-order valence-electron chi connectivity index (χ1n) is 8.23. The van der Waals surface area contributed by atoms with Gasteiger partial charge in [-0.3, -0.25) is 4.79 Å². The molecule has 1 aromatic rings. The first-order chi connectivity index (χ1) is 10.8. The molecule has 1 aromatic carbocycles. The Bertz CT molecular complexity index is 645. The van der Waals surface area contributed by atoms with Crippen LogP contribution in [0.5, 0.6) is 0 Å². The lowest BCUT2D eigenvalue weighted by atomic mass is 9.98. The third-order valence-corrected chi connectivity index (χ3v) is 5.97. The first kappa shape index (κ1) is 17.9. The molecule has 0 bridgehead atoms. The highest BCUT2D eigenvalue weighted by Gasteiger charge is 2.44. The lowest BCUT2D eigenvalue weighted by Gasteiger charge is -2.28. The zero-order valence-corrected chi connectivity index (χ0v) is 14.9. The number of benzene rings is 1. The summed E-state index contributed by atoms with van der Waals surface area (Å²) in [7, 11) is -3.72. The predicted octanol–water partition coefficient (Wildman–Crippen LogP) is 2.54. The fourth-order valence-corrected chi connectivity index (χ4v) is 4.46. The van der Waals surface area contributed by atoms with Crippen molar-refractivity contribution in [3.63, 3.8) is 0 Å². The Labute approximate surface area is 138 Å².